The maximum absolute atomic E-state index is 5.86. The van der Waals surface area contributed by atoms with Gasteiger partial charge in [-0.25, -0.2) is 0 Å². The Morgan fingerprint density at radius 1 is 1.27 bits per heavy atom. The molecule has 5 nitrogen and oxygen atoms in total. The fourth-order valence-electron chi connectivity index (χ4n) is 2.87. The van der Waals surface area contributed by atoms with Gasteiger partial charge in [0.2, 0.25) is 0 Å². The van der Waals surface area contributed by atoms with Crippen LogP contribution in [-0.2, 0) is 4.74 Å². The quantitative estimate of drug-likeness (QED) is 0.516. The van der Waals surface area contributed by atoms with Crippen LogP contribution in [0.15, 0.2) is 6.08 Å². The molecule has 1 aromatic rings. The first-order valence-electron chi connectivity index (χ1n) is 8.16. The number of rotatable bonds is 9. The van der Waals surface area contributed by atoms with Crippen LogP contribution in [0, 0.1) is 0 Å². The zero-order valence-electron chi connectivity index (χ0n) is 14.0. The molecule has 1 aliphatic heterocycles. The topological polar surface area (TPSA) is 44.2 Å². The van der Waals surface area contributed by atoms with Crippen LogP contribution in [0.1, 0.15) is 44.7 Å². The van der Waals surface area contributed by atoms with Gasteiger partial charge in [-0.3, -0.25) is 4.48 Å². The highest BCUT2D eigenvalue weighted by Gasteiger charge is 2.29. The Morgan fingerprint density at radius 2 is 2.14 bits per heavy atom. The lowest BCUT2D eigenvalue weighted by Crippen LogP contribution is -2.48. The van der Waals surface area contributed by atoms with Crippen molar-refractivity contribution < 1.29 is 14.0 Å². The number of hydrogen-bond donors (Lipinski definition) is 0. The van der Waals surface area contributed by atoms with Crippen LogP contribution in [0.4, 0.5) is 0 Å². The van der Waals surface area contributed by atoms with E-state index >= 15 is 0 Å². The minimum Gasteiger partial charge on any atom is -0.475 e. The third kappa shape index (κ3) is 4.76. The Kier molecular flexibility index (Phi) is 6.79. The minimum atomic E-state index is 0.707. The molecule has 124 valence electrons. The molecule has 0 aromatic carbocycles. The maximum atomic E-state index is 5.86. The zero-order chi connectivity index (χ0) is 15.8. The molecule has 0 spiro atoms. The van der Waals surface area contributed by atoms with E-state index in [0.717, 1.165) is 49.4 Å². The summed E-state index contributed by atoms with van der Waals surface area (Å²) in [4.78, 5) is 0. The summed E-state index contributed by atoms with van der Waals surface area (Å²) in [5, 5.41) is 0. The van der Waals surface area contributed by atoms with Crippen LogP contribution in [-0.4, -0.2) is 53.8 Å². The predicted octanol–water partition coefficient (Wildman–Crippen LogP) is 3.33. The second-order valence-corrected chi connectivity index (χ2v) is 6.79. The normalized spacial score (nSPS) is 21.7. The van der Waals surface area contributed by atoms with E-state index in [1.807, 2.05) is 0 Å². The van der Waals surface area contributed by atoms with Crippen LogP contribution in [0.3, 0.4) is 0 Å². The fraction of sp³-hybridized carbons (Fsp3) is 0.750. The Labute approximate surface area is 137 Å². The maximum Gasteiger partial charge on any atom is 0.253 e. The van der Waals surface area contributed by atoms with E-state index in [1.165, 1.54) is 36.6 Å². The summed E-state index contributed by atoms with van der Waals surface area (Å²) in [6.45, 7) is 5.69. The molecule has 1 aliphatic rings. The van der Waals surface area contributed by atoms with Crippen LogP contribution >= 0.6 is 11.7 Å². The van der Waals surface area contributed by atoms with Crippen molar-refractivity contribution in [1.29, 1.82) is 0 Å². The minimum absolute atomic E-state index is 0.707. The lowest BCUT2D eigenvalue weighted by atomic mass is 10.1. The fourth-order valence-corrected chi connectivity index (χ4v) is 3.40. The van der Waals surface area contributed by atoms with Gasteiger partial charge in [-0.15, -0.1) is 4.37 Å². The number of quaternary nitrogens is 1. The van der Waals surface area contributed by atoms with E-state index in [0.29, 0.717) is 5.88 Å². The van der Waals surface area contributed by atoms with Gasteiger partial charge in [0.1, 0.15) is 12.2 Å². The molecule has 1 unspecified atom stereocenters. The predicted molar refractivity (Wildman–Crippen MR) is 89.9 cm³/mol. The Morgan fingerprint density at radius 3 is 2.91 bits per heavy atom. The number of unbranched alkanes of at least 4 members (excludes halogenated alkanes) is 3. The second kappa shape index (κ2) is 8.60. The molecule has 1 atom stereocenters. The molecule has 22 heavy (non-hydrogen) atoms. The summed E-state index contributed by atoms with van der Waals surface area (Å²) < 4.78 is 20.9. The van der Waals surface area contributed by atoms with Crippen molar-refractivity contribution in [2.45, 2.75) is 39.0 Å². The lowest BCUT2D eigenvalue weighted by Gasteiger charge is -2.36. The van der Waals surface area contributed by atoms with Crippen molar-refractivity contribution in [3.63, 3.8) is 0 Å². The molecule has 1 aromatic heterocycles. The molecule has 0 radical (unpaired) electrons. The van der Waals surface area contributed by atoms with Gasteiger partial charge in [0.25, 0.3) is 5.88 Å². The molecular weight excluding hydrogens is 298 g/mol. The SMILES string of the molecule is CCCCCCOc1nsnc1C1=CCC[N+](C)(COC)C1. The van der Waals surface area contributed by atoms with Crippen LogP contribution in [0.2, 0.25) is 0 Å². The molecule has 0 N–H and O–H groups in total. The van der Waals surface area contributed by atoms with Crippen LogP contribution < -0.4 is 4.74 Å². The number of nitrogens with zero attached hydrogens (tertiary/aromatic N) is 3. The molecule has 6 heteroatoms. The van der Waals surface area contributed by atoms with Gasteiger partial charge in [-0.05, 0) is 6.42 Å². The van der Waals surface area contributed by atoms with E-state index in [2.05, 4.69) is 28.8 Å². The molecule has 0 amide bonds. The van der Waals surface area contributed by atoms with Crippen LogP contribution in [0.5, 0.6) is 5.88 Å². The van der Waals surface area contributed by atoms with E-state index in [4.69, 9.17) is 9.47 Å². The first kappa shape index (κ1) is 17.4. The van der Waals surface area contributed by atoms with Gasteiger partial charge in [0, 0.05) is 19.1 Å². The average Bonchev–Trinajstić information content (AvgIpc) is 2.95. The Balaban J connectivity index is 1.95. The highest BCUT2D eigenvalue weighted by molar-refractivity contribution is 6.99. The van der Waals surface area contributed by atoms with Gasteiger partial charge < -0.3 is 9.47 Å². The monoisotopic (exact) mass is 326 g/mol. The molecular formula is C16H28N3O2S+. The summed E-state index contributed by atoms with van der Waals surface area (Å²) >= 11 is 1.24. The summed E-state index contributed by atoms with van der Waals surface area (Å²) in [6.07, 6.45) is 8.13. The van der Waals surface area contributed by atoms with Crippen molar-refractivity contribution in [3.05, 3.63) is 11.8 Å². The number of ether oxygens (including phenoxy) is 2. The Bertz CT molecular complexity index is 489. The number of hydrogen-bond acceptors (Lipinski definition) is 5. The van der Waals surface area contributed by atoms with Gasteiger partial charge in [-0.2, -0.15) is 4.37 Å². The van der Waals surface area contributed by atoms with Crippen LogP contribution in [0.25, 0.3) is 5.57 Å². The molecule has 0 saturated heterocycles. The van der Waals surface area contributed by atoms with Crippen molar-refractivity contribution in [2.75, 3.05) is 40.6 Å². The average molecular weight is 326 g/mol. The third-order valence-corrected chi connectivity index (χ3v) is 4.56. The van der Waals surface area contributed by atoms with E-state index < -0.39 is 0 Å². The van der Waals surface area contributed by atoms with Crippen molar-refractivity contribution >= 4 is 17.3 Å². The van der Waals surface area contributed by atoms with Gasteiger partial charge >= 0.3 is 0 Å². The van der Waals surface area contributed by atoms with Crippen molar-refractivity contribution in [1.82, 2.24) is 8.75 Å². The standard InChI is InChI=1S/C16H28N3O2S/c1-4-5-6-7-11-21-16-15(17-22-18-16)14-9-8-10-19(2,12-14)13-20-3/h9H,4-8,10-13H2,1-3H3/q+1. The largest absolute Gasteiger partial charge is 0.475 e. The van der Waals surface area contributed by atoms with Gasteiger partial charge in [-0.1, -0.05) is 32.3 Å². The molecule has 2 rings (SSSR count). The Hall–Kier alpha value is -0.980. The summed E-state index contributed by atoms with van der Waals surface area (Å²) in [5.74, 6) is 0.707. The summed E-state index contributed by atoms with van der Waals surface area (Å²) in [7, 11) is 3.98. The summed E-state index contributed by atoms with van der Waals surface area (Å²) in [6, 6.07) is 0. The smallest absolute Gasteiger partial charge is 0.253 e. The number of aromatic nitrogens is 2. The first-order chi connectivity index (χ1) is 10.7. The van der Waals surface area contributed by atoms with E-state index in [1.54, 1.807) is 7.11 Å². The molecule has 0 bridgehead atoms. The molecule has 0 fully saturated rings. The third-order valence-electron chi connectivity index (χ3n) is 4.05. The van der Waals surface area contributed by atoms with Crippen molar-refractivity contribution in [3.8, 4) is 5.88 Å². The first-order valence-corrected chi connectivity index (χ1v) is 8.89. The lowest BCUT2D eigenvalue weighted by molar-refractivity contribution is -0.921. The van der Waals surface area contributed by atoms with Gasteiger partial charge in [0.05, 0.1) is 31.9 Å². The second-order valence-electron chi connectivity index (χ2n) is 6.26. The molecule has 0 saturated carbocycles. The highest BCUT2D eigenvalue weighted by Crippen LogP contribution is 2.29. The van der Waals surface area contributed by atoms with Crippen molar-refractivity contribution in [2.24, 2.45) is 0 Å². The number of methoxy groups -OCH3 is 1. The molecule has 2 heterocycles. The molecule has 0 aliphatic carbocycles. The van der Waals surface area contributed by atoms with E-state index in [-0.39, 0.29) is 0 Å². The highest BCUT2D eigenvalue weighted by atomic mass is 32.1. The number of likely N-dealkylation sites (N-methyl/N-ethyl adjacent to an activating group) is 1. The summed E-state index contributed by atoms with van der Waals surface area (Å²) in [5.41, 5.74) is 2.17. The van der Waals surface area contributed by atoms with E-state index in [9.17, 15) is 0 Å². The zero-order valence-corrected chi connectivity index (χ0v) is 14.8. The van der Waals surface area contributed by atoms with Gasteiger partial charge in [0.15, 0.2) is 6.73 Å².